The third kappa shape index (κ3) is 2.96. The summed E-state index contributed by atoms with van der Waals surface area (Å²) in [6, 6.07) is 4.83. The molecule has 0 spiro atoms. The molecule has 3 aliphatic rings. The Morgan fingerprint density at radius 2 is 2.04 bits per heavy atom. The highest BCUT2D eigenvalue weighted by molar-refractivity contribution is 6.04. The minimum Gasteiger partial charge on any atom is -0.389 e. The molecule has 7 heteroatoms. The van der Waals surface area contributed by atoms with Crippen molar-refractivity contribution >= 4 is 17.7 Å². The first-order chi connectivity index (χ1) is 12.5. The van der Waals surface area contributed by atoms with Gasteiger partial charge in [0.25, 0.3) is 11.8 Å². The molecule has 1 aromatic rings. The summed E-state index contributed by atoms with van der Waals surface area (Å²) in [6.07, 6.45) is 2.67. The van der Waals surface area contributed by atoms with E-state index in [0.29, 0.717) is 30.6 Å². The molecule has 1 aromatic carbocycles. The van der Waals surface area contributed by atoms with E-state index in [-0.39, 0.29) is 36.2 Å². The Hall–Kier alpha value is -2.41. The van der Waals surface area contributed by atoms with Crippen LogP contribution in [0.4, 0.5) is 0 Å². The van der Waals surface area contributed by atoms with E-state index in [0.717, 1.165) is 24.8 Å². The summed E-state index contributed by atoms with van der Waals surface area (Å²) < 4.78 is 0. The summed E-state index contributed by atoms with van der Waals surface area (Å²) in [6.45, 7) is 1.00. The van der Waals surface area contributed by atoms with Crippen LogP contribution in [0.1, 0.15) is 52.0 Å². The number of aliphatic hydroxyl groups excluding tert-OH is 1. The minimum absolute atomic E-state index is 0.0190. The Morgan fingerprint density at radius 3 is 2.73 bits per heavy atom. The fourth-order valence-electron chi connectivity index (χ4n) is 3.88. The Kier molecular flexibility index (Phi) is 4.40. The number of fused-ring (bicyclic) bond motifs is 1. The van der Waals surface area contributed by atoms with Crippen LogP contribution in [0.5, 0.6) is 0 Å². The molecule has 26 heavy (non-hydrogen) atoms. The lowest BCUT2D eigenvalue weighted by Crippen LogP contribution is -2.56. The SMILES string of the molecule is O=C1NCc2c1cccc2C(=O)N1CCC(NC(=O)C2CCC2)C(O)C1. The first kappa shape index (κ1) is 17.0. The molecule has 0 aromatic heterocycles. The van der Waals surface area contributed by atoms with Gasteiger partial charge < -0.3 is 20.6 Å². The number of nitrogens with one attached hydrogen (secondary N) is 2. The van der Waals surface area contributed by atoms with Gasteiger partial charge >= 0.3 is 0 Å². The van der Waals surface area contributed by atoms with E-state index in [2.05, 4.69) is 10.6 Å². The largest absolute Gasteiger partial charge is 0.389 e. The fourth-order valence-corrected chi connectivity index (χ4v) is 3.88. The highest BCUT2D eigenvalue weighted by Crippen LogP contribution is 2.27. The lowest BCUT2D eigenvalue weighted by molar-refractivity contribution is -0.129. The second kappa shape index (κ2) is 6.72. The maximum absolute atomic E-state index is 12.9. The highest BCUT2D eigenvalue weighted by atomic mass is 16.3. The van der Waals surface area contributed by atoms with Crippen LogP contribution in [-0.2, 0) is 11.3 Å². The monoisotopic (exact) mass is 357 g/mol. The van der Waals surface area contributed by atoms with Crippen molar-refractivity contribution in [1.29, 1.82) is 0 Å². The van der Waals surface area contributed by atoms with Crippen molar-refractivity contribution in [2.75, 3.05) is 13.1 Å². The van der Waals surface area contributed by atoms with E-state index >= 15 is 0 Å². The van der Waals surface area contributed by atoms with Crippen LogP contribution in [-0.4, -0.2) is 53.0 Å². The number of hydrogen-bond donors (Lipinski definition) is 3. The summed E-state index contributed by atoms with van der Waals surface area (Å²) >= 11 is 0. The van der Waals surface area contributed by atoms with Gasteiger partial charge in [0, 0.05) is 36.7 Å². The van der Waals surface area contributed by atoms with Crippen LogP contribution < -0.4 is 10.6 Å². The molecule has 3 amide bonds. The zero-order valence-electron chi connectivity index (χ0n) is 14.5. The molecule has 4 rings (SSSR count). The van der Waals surface area contributed by atoms with Crippen LogP contribution in [0.25, 0.3) is 0 Å². The van der Waals surface area contributed by atoms with Crippen molar-refractivity contribution in [2.24, 2.45) is 5.92 Å². The molecule has 3 N–H and O–H groups in total. The number of β-amino-alcohol motifs (C(OH)–C–C–N with tert-alkyl or cyclic N) is 1. The molecule has 0 radical (unpaired) electrons. The van der Waals surface area contributed by atoms with Gasteiger partial charge in [-0.05, 0) is 37.0 Å². The molecule has 138 valence electrons. The number of nitrogens with zero attached hydrogens (tertiary/aromatic N) is 1. The van der Waals surface area contributed by atoms with Gasteiger partial charge in [0.1, 0.15) is 0 Å². The molecular formula is C19H23N3O4. The quantitative estimate of drug-likeness (QED) is 0.730. The number of carbonyl (C=O) groups is 3. The van der Waals surface area contributed by atoms with Crippen molar-refractivity contribution in [3.05, 3.63) is 34.9 Å². The van der Waals surface area contributed by atoms with Crippen LogP contribution in [0, 0.1) is 5.92 Å². The molecule has 7 nitrogen and oxygen atoms in total. The molecule has 1 saturated carbocycles. The fraction of sp³-hybridized carbons (Fsp3) is 0.526. The van der Waals surface area contributed by atoms with Gasteiger partial charge in [0.05, 0.1) is 12.1 Å². The molecule has 2 aliphatic heterocycles. The molecule has 0 bridgehead atoms. The summed E-state index contributed by atoms with van der Waals surface area (Å²) in [5.74, 6) is -0.238. The van der Waals surface area contributed by atoms with E-state index < -0.39 is 6.10 Å². The molecule has 1 saturated heterocycles. The maximum atomic E-state index is 12.9. The number of aliphatic hydroxyl groups is 1. The number of benzene rings is 1. The molecule has 2 heterocycles. The van der Waals surface area contributed by atoms with Crippen molar-refractivity contribution in [3.63, 3.8) is 0 Å². The van der Waals surface area contributed by atoms with Crippen LogP contribution in [0.15, 0.2) is 18.2 Å². The Balaban J connectivity index is 1.42. The van der Waals surface area contributed by atoms with Crippen molar-refractivity contribution in [3.8, 4) is 0 Å². The minimum atomic E-state index is -0.784. The second-order valence-corrected chi connectivity index (χ2v) is 7.36. The van der Waals surface area contributed by atoms with Gasteiger partial charge in [0.15, 0.2) is 0 Å². The molecule has 2 unspecified atom stereocenters. The van der Waals surface area contributed by atoms with Crippen LogP contribution in [0.2, 0.25) is 0 Å². The van der Waals surface area contributed by atoms with Crippen molar-refractivity contribution in [2.45, 2.75) is 44.4 Å². The normalized spacial score (nSPS) is 25.3. The summed E-state index contributed by atoms with van der Waals surface area (Å²) in [5, 5.41) is 16.1. The Bertz CT molecular complexity index is 759. The lowest BCUT2D eigenvalue weighted by atomic mass is 9.84. The van der Waals surface area contributed by atoms with Crippen LogP contribution in [0.3, 0.4) is 0 Å². The van der Waals surface area contributed by atoms with Crippen LogP contribution >= 0.6 is 0 Å². The number of carbonyl (C=O) groups excluding carboxylic acids is 3. The highest BCUT2D eigenvalue weighted by Gasteiger charge is 2.35. The number of rotatable bonds is 3. The lowest BCUT2D eigenvalue weighted by Gasteiger charge is -2.37. The summed E-state index contributed by atoms with van der Waals surface area (Å²) in [4.78, 5) is 38.4. The van der Waals surface area contributed by atoms with E-state index in [4.69, 9.17) is 0 Å². The molecule has 2 atom stereocenters. The number of piperidine rings is 1. The third-order valence-corrected chi connectivity index (χ3v) is 5.75. The Labute approximate surface area is 151 Å². The van der Waals surface area contributed by atoms with Crippen molar-refractivity contribution in [1.82, 2.24) is 15.5 Å². The first-order valence-electron chi connectivity index (χ1n) is 9.22. The van der Waals surface area contributed by atoms with E-state index in [1.165, 1.54) is 0 Å². The number of hydrogen-bond acceptors (Lipinski definition) is 4. The van der Waals surface area contributed by atoms with Gasteiger partial charge in [-0.3, -0.25) is 14.4 Å². The van der Waals surface area contributed by atoms with E-state index in [1.54, 1.807) is 23.1 Å². The average molecular weight is 357 g/mol. The zero-order valence-corrected chi connectivity index (χ0v) is 14.5. The first-order valence-corrected chi connectivity index (χ1v) is 9.22. The van der Waals surface area contributed by atoms with E-state index in [1.807, 2.05) is 0 Å². The number of likely N-dealkylation sites (tertiary alicyclic amines) is 1. The molecular weight excluding hydrogens is 334 g/mol. The Morgan fingerprint density at radius 1 is 1.23 bits per heavy atom. The average Bonchev–Trinajstić information content (AvgIpc) is 2.96. The number of amides is 3. The second-order valence-electron chi connectivity index (χ2n) is 7.36. The van der Waals surface area contributed by atoms with Gasteiger partial charge in [0.2, 0.25) is 5.91 Å². The van der Waals surface area contributed by atoms with Gasteiger partial charge in [-0.15, -0.1) is 0 Å². The summed E-state index contributed by atoms with van der Waals surface area (Å²) in [5.41, 5.74) is 1.77. The molecule has 1 aliphatic carbocycles. The van der Waals surface area contributed by atoms with Gasteiger partial charge in [-0.2, -0.15) is 0 Å². The standard InChI is InChI=1S/C19H23N3O4/c23-16-10-22(8-7-15(16)21-17(24)11-3-1-4-11)19(26)13-6-2-5-12-14(13)9-20-18(12)25/h2,5-6,11,15-16,23H,1,3-4,7-10H2,(H,20,25)(H,21,24). The van der Waals surface area contributed by atoms with Gasteiger partial charge in [-0.1, -0.05) is 12.5 Å². The smallest absolute Gasteiger partial charge is 0.254 e. The molecule has 2 fully saturated rings. The third-order valence-electron chi connectivity index (χ3n) is 5.75. The summed E-state index contributed by atoms with van der Waals surface area (Å²) in [7, 11) is 0. The maximum Gasteiger partial charge on any atom is 0.254 e. The van der Waals surface area contributed by atoms with Gasteiger partial charge in [-0.25, -0.2) is 0 Å². The topological polar surface area (TPSA) is 98.7 Å². The van der Waals surface area contributed by atoms with E-state index in [9.17, 15) is 19.5 Å². The predicted octanol–water partition coefficient (Wildman–Crippen LogP) is 0.422. The predicted molar refractivity (Wildman–Crippen MR) is 93.4 cm³/mol. The zero-order chi connectivity index (χ0) is 18.3. The van der Waals surface area contributed by atoms with Crippen molar-refractivity contribution < 1.29 is 19.5 Å².